The summed E-state index contributed by atoms with van der Waals surface area (Å²) in [5, 5.41) is 2.27. The number of carbonyl (C=O) groups excluding carboxylic acids is 2. The zero-order chi connectivity index (χ0) is 16.4. The SMILES string of the molecule is Cc1cc(C(=O)NCC(=O)C(C)(C)C)nc(C(F)(F)F)n1. The highest BCUT2D eigenvalue weighted by Gasteiger charge is 2.35. The molecule has 0 unspecified atom stereocenters. The average molecular weight is 303 g/mol. The molecule has 0 bridgehead atoms. The van der Waals surface area contributed by atoms with Gasteiger partial charge in [0, 0.05) is 11.1 Å². The first-order chi connectivity index (χ1) is 9.41. The van der Waals surface area contributed by atoms with Crippen molar-refractivity contribution in [2.75, 3.05) is 6.54 Å². The Morgan fingerprint density at radius 3 is 2.24 bits per heavy atom. The summed E-state index contributed by atoms with van der Waals surface area (Å²) in [5.74, 6) is -2.46. The molecule has 1 rings (SSSR count). The number of hydrogen-bond acceptors (Lipinski definition) is 4. The van der Waals surface area contributed by atoms with E-state index in [-0.39, 0.29) is 18.0 Å². The Hall–Kier alpha value is -1.99. The van der Waals surface area contributed by atoms with Crippen LogP contribution in [0, 0.1) is 12.3 Å². The van der Waals surface area contributed by atoms with Gasteiger partial charge in [-0.15, -0.1) is 0 Å². The predicted molar refractivity (Wildman–Crippen MR) is 68.6 cm³/mol. The number of carbonyl (C=O) groups is 2. The van der Waals surface area contributed by atoms with Gasteiger partial charge >= 0.3 is 6.18 Å². The van der Waals surface area contributed by atoms with Crippen molar-refractivity contribution in [3.63, 3.8) is 0 Å². The number of aromatic nitrogens is 2. The molecule has 1 amide bonds. The minimum Gasteiger partial charge on any atom is -0.344 e. The fraction of sp³-hybridized carbons (Fsp3) is 0.538. The van der Waals surface area contributed by atoms with Gasteiger partial charge in [-0.1, -0.05) is 20.8 Å². The van der Waals surface area contributed by atoms with Crippen molar-refractivity contribution in [2.24, 2.45) is 5.41 Å². The van der Waals surface area contributed by atoms with E-state index in [1.165, 1.54) is 6.92 Å². The molecule has 0 saturated heterocycles. The fourth-order valence-electron chi connectivity index (χ4n) is 1.33. The van der Waals surface area contributed by atoms with E-state index in [0.29, 0.717) is 0 Å². The van der Waals surface area contributed by atoms with Crippen molar-refractivity contribution in [2.45, 2.75) is 33.9 Å². The van der Waals surface area contributed by atoms with E-state index in [0.717, 1.165) is 6.07 Å². The van der Waals surface area contributed by atoms with Crippen molar-refractivity contribution in [3.8, 4) is 0 Å². The van der Waals surface area contributed by atoms with Crippen LogP contribution < -0.4 is 5.32 Å². The number of rotatable bonds is 3. The van der Waals surface area contributed by atoms with Crippen molar-refractivity contribution in [3.05, 3.63) is 23.3 Å². The van der Waals surface area contributed by atoms with Crippen LogP contribution in [-0.4, -0.2) is 28.2 Å². The zero-order valence-electron chi connectivity index (χ0n) is 12.1. The Morgan fingerprint density at radius 2 is 1.76 bits per heavy atom. The smallest absolute Gasteiger partial charge is 0.344 e. The van der Waals surface area contributed by atoms with E-state index in [9.17, 15) is 22.8 Å². The van der Waals surface area contributed by atoms with Gasteiger partial charge in [0.1, 0.15) is 5.69 Å². The molecular weight excluding hydrogens is 287 g/mol. The number of ketones is 1. The highest BCUT2D eigenvalue weighted by molar-refractivity contribution is 5.96. The van der Waals surface area contributed by atoms with Gasteiger partial charge in [0.05, 0.1) is 6.54 Å². The van der Waals surface area contributed by atoms with E-state index in [2.05, 4.69) is 15.3 Å². The predicted octanol–water partition coefficient (Wildman–Crippen LogP) is 2.15. The lowest BCUT2D eigenvalue weighted by atomic mass is 9.91. The molecule has 0 radical (unpaired) electrons. The van der Waals surface area contributed by atoms with Crippen molar-refractivity contribution in [1.82, 2.24) is 15.3 Å². The second-order valence-corrected chi connectivity index (χ2v) is 5.57. The lowest BCUT2D eigenvalue weighted by molar-refractivity contribution is -0.145. The fourth-order valence-corrected chi connectivity index (χ4v) is 1.33. The van der Waals surface area contributed by atoms with Gasteiger partial charge < -0.3 is 5.32 Å². The van der Waals surface area contributed by atoms with Crippen molar-refractivity contribution < 1.29 is 22.8 Å². The number of nitrogens with zero attached hydrogens (tertiary/aromatic N) is 2. The first-order valence-corrected chi connectivity index (χ1v) is 6.15. The zero-order valence-corrected chi connectivity index (χ0v) is 12.1. The third-order valence-electron chi connectivity index (χ3n) is 2.59. The van der Waals surface area contributed by atoms with E-state index in [1.54, 1.807) is 20.8 Å². The molecule has 0 aromatic carbocycles. The molecule has 0 atom stereocenters. The van der Waals surface area contributed by atoms with Gasteiger partial charge in [-0.25, -0.2) is 9.97 Å². The number of Topliss-reactive ketones (excluding diaryl/α,β-unsaturated/α-hetero) is 1. The molecule has 0 aliphatic carbocycles. The molecule has 1 aromatic rings. The number of hydrogen-bond donors (Lipinski definition) is 1. The minimum absolute atomic E-state index is 0.0182. The molecule has 0 aliphatic heterocycles. The largest absolute Gasteiger partial charge is 0.451 e. The van der Waals surface area contributed by atoms with E-state index >= 15 is 0 Å². The Morgan fingerprint density at radius 1 is 1.19 bits per heavy atom. The highest BCUT2D eigenvalue weighted by Crippen LogP contribution is 2.26. The summed E-state index contributed by atoms with van der Waals surface area (Å²) < 4.78 is 37.7. The first-order valence-electron chi connectivity index (χ1n) is 6.15. The van der Waals surface area contributed by atoms with Crippen LogP contribution in [0.25, 0.3) is 0 Å². The third kappa shape index (κ3) is 4.80. The molecule has 0 fully saturated rings. The Balaban J connectivity index is 2.89. The maximum absolute atomic E-state index is 12.6. The minimum atomic E-state index is -4.73. The van der Waals surface area contributed by atoms with Crippen LogP contribution in [0.5, 0.6) is 0 Å². The molecule has 5 nitrogen and oxygen atoms in total. The third-order valence-corrected chi connectivity index (χ3v) is 2.59. The number of halogens is 3. The van der Waals surface area contributed by atoms with Gasteiger partial charge in [0.15, 0.2) is 5.78 Å². The Bertz CT molecular complexity index is 563. The molecule has 0 spiro atoms. The lowest BCUT2D eigenvalue weighted by Crippen LogP contribution is -2.36. The first kappa shape index (κ1) is 17.1. The summed E-state index contributed by atoms with van der Waals surface area (Å²) in [7, 11) is 0. The van der Waals surface area contributed by atoms with Crippen LogP contribution in [0.15, 0.2) is 6.07 Å². The second-order valence-electron chi connectivity index (χ2n) is 5.57. The molecule has 1 N–H and O–H groups in total. The standard InChI is InChI=1S/C13H16F3N3O2/c1-7-5-8(19-11(18-7)13(14,15)16)10(21)17-6-9(20)12(2,3)4/h5H,6H2,1-4H3,(H,17,21). The summed E-state index contributed by atoms with van der Waals surface area (Å²) in [6, 6.07) is 1.13. The molecular formula is C13H16F3N3O2. The molecule has 8 heteroatoms. The number of amides is 1. The van der Waals surface area contributed by atoms with Gasteiger partial charge in [0.2, 0.25) is 5.82 Å². The van der Waals surface area contributed by atoms with Gasteiger partial charge in [-0.05, 0) is 13.0 Å². The number of alkyl halides is 3. The van der Waals surface area contributed by atoms with Crippen LogP contribution in [0.2, 0.25) is 0 Å². The van der Waals surface area contributed by atoms with Gasteiger partial charge in [-0.3, -0.25) is 9.59 Å². The highest BCUT2D eigenvalue weighted by atomic mass is 19.4. The van der Waals surface area contributed by atoms with E-state index < -0.39 is 29.0 Å². The number of aryl methyl sites for hydroxylation is 1. The van der Waals surface area contributed by atoms with Crippen LogP contribution >= 0.6 is 0 Å². The molecule has 1 aromatic heterocycles. The molecule has 0 saturated carbocycles. The summed E-state index contributed by atoms with van der Waals surface area (Å²) in [4.78, 5) is 29.9. The summed E-state index contributed by atoms with van der Waals surface area (Å²) in [5.41, 5.74) is -1.05. The summed E-state index contributed by atoms with van der Waals surface area (Å²) in [6.07, 6.45) is -4.73. The van der Waals surface area contributed by atoms with Crippen LogP contribution in [0.4, 0.5) is 13.2 Å². The molecule has 1 heterocycles. The van der Waals surface area contributed by atoms with E-state index in [4.69, 9.17) is 0 Å². The Kier molecular flexibility index (Phi) is 4.70. The van der Waals surface area contributed by atoms with Crippen LogP contribution in [0.3, 0.4) is 0 Å². The maximum atomic E-state index is 12.6. The normalized spacial score (nSPS) is 12.1. The quantitative estimate of drug-likeness (QED) is 0.928. The van der Waals surface area contributed by atoms with E-state index in [1.807, 2.05) is 0 Å². The topological polar surface area (TPSA) is 72.0 Å². The van der Waals surface area contributed by atoms with Gasteiger partial charge in [-0.2, -0.15) is 13.2 Å². The Labute approximate surface area is 120 Å². The van der Waals surface area contributed by atoms with Crippen LogP contribution in [-0.2, 0) is 11.0 Å². The maximum Gasteiger partial charge on any atom is 0.451 e. The summed E-state index contributed by atoms with van der Waals surface area (Å²) >= 11 is 0. The number of nitrogens with one attached hydrogen (secondary N) is 1. The lowest BCUT2D eigenvalue weighted by Gasteiger charge is -2.16. The van der Waals surface area contributed by atoms with Crippen LogP contribution in [0.1, 0.15) is 42.8 Å². The summed E-state index contributed by atoms with van der Waals surface area (Å²) in [6.45, 7) is 6.09. The van der Waals surface area contributed by atoms with Crippen molar-refractivity contribution in [1.29, 1.82) is 0 Å². The molecule has 116 valence electrons. The average Bonchev–Trinajstić information content (AvgIpc) is 2.32. The molecule has 21 heavy (non-hydrogen) atoms. The van der Waals surface area contributed by atoms with Gasteiger partial charge in [0.25, 0.3) is 5.91 Å². The van der Waals surface area contributed by atoms with Crippen molar-refractivity contribution >= 4 is 11.7 Å². The molecule has 0 aliphatic rings. The second kappa shape index (κ2) is 5.79. The monoisotopic (exact) mass is 303 g/mol.